The summed E-state index contributed by atoms with van der Waals surface area (Å²) in [4.78, 5) is 11.7. The number of piperazine rings is 1. The van der Waals surface area contributed by atoms with Gasteiger partial charge in [-0.25, -0.2) is 4.98 Å². The van der Waals surface area contributed by atoms with Crippen LogP contribution in [-0.2, 0) is 4.74 Å². The van der Waals surface area contributed by atoms with Gasteiger partial charge >= 0.3 is 0 Å². The molecular weight excluding hydrogens is 312 g/mol. The van der Waals surface area contributed by atoms with Crippen LogP contribution in [0.2, 0.25) is 0 Å². The van der Waals surface area contributed by atoms with Crippen molar-refractivity contribution >= 4 is 16.5 Å². The predicted molar refractivity (Wildman–Crippen MR) is 93.4 cm³/mol. The Kier molecular flexibility index (Phi) is 5.87. The molecule has 3 heterocycles. The highest BCUT2D eigenvalue weighted by molar-refractivity contribution is 7.13. The number of aromatic nitrogens is 1. The molecule has 0 radical (unpaired) electrons. The first-order valence-corrected chi connectivity index (χ1v) is 9.39. The molecule has 2 fully saturated rings. The van der Waals surface area contributed by atoms with Gasteiger partial charge in [-0.1, -0.05) is 0 Å². The van der Waals surface area contributed by atoms with E-state index in [0.29, 0.717) is 6.04 Å². The minimum atomic E-state index is -0.283. The quantitative estimate of drug-likeness (QED) is 0.850. The second kappa shape index (κ2) is 7.90. The normalized spacial score (nSPS) is 25.7. The molecule has 130 valence electrons. The number of aliphatic hydroxyl groups excluding tert-OH is 1. The summed E-state index contributed by atoms with van der Waals surface area (Å²) in [5.74, 6) is 0. The fourth-order valence-corrected chi connectivity index (χ4v) is 4.33. The summed E-state index contributed by atoms with van der Waals surface area (Å²) in [6, 6.07) is 0.435. The Bertz CT molecular complexity index is 492. The maximum Gasteiger partial charge on any atom is 0.185 e. The highest BCUT2D eigenvalue weighted by atomic mass is 32.1. The monoisotopic (exact) mass is 340 g/mol. The second-order valence-corrected chi connectivity index (χ2v) is 7.48. The standard InChI is InChI=1S/C16H28N4O2S/c1-13-12-23-16(17-13)20-4-3-19(9-14(20)2)11-15(21)10-18-5-7-22-8-6-18/h12,14-15,21H,3-11H2,1-2H3/t14-,15+/m1/s1. The molecule has 0 unspecified atom stereocenters. The number of ether oxygens (including phenoxy) is 1. The molecule has 0 aromatic carbocycles. The molecule has 2 aliphatic rings. The van der Waals surface area contributed by atoms with Gasteiger partial charge in [0, 0.05) is 57.2 Å². The van der Waals surface area contributed by atoms with E-state index in [1.165, 1.54) is 0 Å². The summed E-state index contributed by atoms with van der Waals surface area (Å²) < 4.78 is 5.36. The van der Waals surface area contributed by atoms with Gasteiger partial charge in [0.1, 0.15) is 0 Å². The van der Waals surface area contributed by atoms with Gasteiger partial charge in [0.05, 0.1) is 25.0 Å². The predicted octanol–water partition coefficient (Wildman–Crippen LogP) is 0.655. The van der Waals surface area contributed by atoms with Gasteiger partial charge in [-0.15, -0.1) is 11.3 Å². The molecule has 0 amide bonds. The van der Waals surface area contributed by atoms with E-state index in [1.54, 1.807) is 11.3 Å². The summed E-state index contributed by atoms with van der Waals surface area (Å²) in [6.07, 6.45) is -0.283. The number of aryl methyl sites for hydroxylation is 1. The van der Waals surface area contributed by atoms with E-state index in [2.05, 4.69) is 32.0 Å². The van der Waals surface area contributed by atoms with Gasteiger partial charge in [0.2, 0.25) is 0 Å². The lowest BCUT2D eigenvalue weighted by molar-refractivity contribution is 0.00572. The van der Waals surface area contributed by atoms with Crippen LogP contribution in [0, 0.1) is 6.92 Å². The van der Waals surface area contributed by atoms with Gasteiger partial charge in [-0.2, -0.15) is 0 Å². The number of nitrogens with zero attached hydrogens (tertiary/aromatic N) is 4. The summed E-state index contributed by atoms with van der Waals surface area (Å²) in [7, 11) is 0. The van der Waals surface area contributed by atoms with Crippen molar-refractivity contribution in [1.82, 2.24) is 14.8 Å². The van der Waals surface area contributed by atoms with Crippen LogP contribution in [0.3, 0.4) is 0 Å². The van der Waals surface area contributed by atoms with Gasteiger partial charge in [0.25, 0.3) is 0 Å². The minimum absolute atomic E-state index is 0.283. The fourth-order valence-electron chi connectivity index (χ4n) is 3.39. The van der Waals surface area contributed by atoms with Crippen LogP contribution >= 0.6 is 11.3 Å². The topological polar surface area (TPSA) is 52.1 Å². The molecule has 1 aromatic rings. The van der Waals surface area contributed by atoms with Crippen molar-refractivity contribution in [2.75, 3.05) is 63.9 Å². The molecule has 23 heavy (non-hydrogen) atoms. The lowest BCUT2D eigenvalue weighted by Crippen LogP contribution is -2.54. The Balaban J connectivity index is 1.45. The first kappa shape index (κ1) is 17.1. The van der Waals surface area contributed by atoms with E-state index in [1.807, 2.05) is 6.92 Å². The number of aliphatic hydroxyl groups is 1. The van der Waals surface area contributed by atoms with Crippen LogP contribution in [0.5, 0.6) is 0 Å². The molecule has 0 saturated carbocycles. The lowest BCUT2D eigenvalue weighted by Gasteiger charge is -2.41. The van der Waals surface area contributed by atoms with Gasteiger partial charge in [-0.05, 0) is 13.8 Å². The van der Waals surface area contributed by atoms with Gasteiger partial charge in [-0.3, -0.25) is 9.80 Å². The molecule has 0 aliphatic carbocycles. The molecule has 0 spiro atoms. The highest BCUT2D eigenvalue weighted by Gasteiger charge is 2.27. The summed E-state index contributed by atoms with van der Waals surface area (Å²) in [6.45, 7) is 12.2. The van der Waals surface area contributed by atoms with Crippen molar-refractivity contribution in [3.05, 3.63) is 11.1 Å². The Morgan fingerprint density at radius 2 is 2.00 bits per heavy atom. The van der Waals surface area contributed by atoms with Crippen molar-refractivity contribution in [1.29, 1.82) is 0 Å². The molecule has 1 aromatic heterocycles. The van der Waals surface area contributed by atoms with Crippen LogP contribution in [0.25, 0.3) is 0 Å². The third kappa shape index (κ3) is 4.64. The zero-order chi connectivity index (χ0) is 16.2. The molecule has 2 atom stereocenters. The number of anilines is 1. The number of hydrogen-bond donors (Lipinski definition) is 1. The Morgan fingerprint density at radius 3 is 2.65 bits per heavy atom. The molecule has 0 bridgehead atoms. The molecule has 6 nitrogen and oxygen atoms in total. The maximum atomic E-state index is 10.4. The van der Waals surface area contributed by atoms with E-state index in [0.717, 1.165) is 69.9 Å². The van der Waals surface area contributed by atoms with Gasteiger partial charge in [0.15, 0.2) is 5.13 Å². The zero-order valence-electron chi connectivity index (χ0n) is 14.1. The fraction of sp³-hybridized carbons (Fsp3) is 0.812. The average molecular weight is 340 g/mol. The number of β-amino-alcohol motifs (C(OH)–C–C–N with tert-alkyl or cyclic N) is 1. The Hall–Kier alpha value is -0.730. The van der Waals surface area contributed by atoms with E-state index < -0.39 is 0 Å². The summed E-state index contributed by atoms with van der Waals surface area (Å²) in [5, 5.41) is 13.6. The molecule has 3 rings (SSSR count). The van der Waals surface area contributed by atoms with Crippen LogP contribution < -0.4 is 4.90 Å². The lowest BCUT2D eigenvalue weighted by atomic mass is 10.2. The van der Waals surface area contributed by atoms with Crippen molar-refractivity contribution in [2.24, 2.45) is 0 Å². The van der Waals surface area contributed by atoms with E-state index in [-0.39, 0.29) is 6.10 Å². The van der Waals surface area contributed by atoms with Crippen molar-refractivity contribution in [3.8, 4) is 0 Å². The highest BCUT2D eigenvalue weighted by Crippen LogP contribution is 2.24. The molecule has 1 N–H and O–H groups in total. The largest absolute Gasteiger partial charge is 0.390 e. The Labute approximate surface area is 142 Å². The first-order valence-electron chi connectivity index (χ1n) is 8.51. The number of rotatable bonds is 5. The van der Waals surface area contributed by atoms with Crippen molar-refractivity contribution in [2.45, 2.75) is 26.0 Å². The van der Waals surface area contributed by atoms with Gasteiger partial charge < -0.3 is 14.7 Å². The minimum Gasteiger partial charge on any atom is -0.390 e. The van der Waals surface area contributed by atoms with Crippen molar-refractivity contribution in [3.63, 3.8) is 0 Å². The first-order chi connectivity index (χ1) is 11.1. The van der Waals surface area contributed by atoms with E-state index in [4.69, 9.17) is 4.74 Å². The molecule has 7 heteroatoms. The van der Waals surface area contributed by atoms with E-state index in [9.17, 15) is 5.11 Å². The van der Waals surface area contributed by atoms with E-state index >= 15 is 0 Å². The number of thiazole rings is 1. The number of morpholine rings is 1. The third-order valence-electron chi connectivity index (χ3n) is 4.61. The maximum absolute atomic E-state index is 10.4. The SMILES string of the molecule is Cc1csc(N2CCN(C[C@@H](O)CN3CCOCC3)C[C@H]2C)n1. The smallest absolute Gasteiger partial charge is 0.185 e. The van der Waals surface area contributed by atoms with Crippen LogP contribution in [0.1, 0.15) is 12.6 Å². The molecule has 2 saturated heterocycles. The van der Waals surface area contributed by atoms with Crippen LogP contribution in [0.4, 0.5) is 5.13 Å². The summed E-state index contributed by atoms with van der Waals surface area (Å²) in [5.41, 5.74) is 1.10. The van der Waals surface area contributed by atoms with Crippen molar-refractivity contribution < 1.29 is 9.84 Å². The number of hydrogen-bond acceptors (Lipinski definition) is 7. The zero-order valence-corrected chi connectivity index (χ0v) is 15.0. The summed E-state index contributed by atoms with van der Waals surface area (Å²) >= 11 is 1.73. The average Bonchev–Trinajstić information content (AvgIpc) is 2.94. The Morgan fingerprint density at radius 1 is 1.26 bits per heavy atom. The third-order valence-corrected chi connectivity index (χ3v) is 5.60. The second-order valence-electron chi connectivity index (χ2n) is 6.64. The molecular formula is C16H28N4O2S. The van der Waals surface area contributed by atoms with Crippen LogP contribution in [0.15, 0.2) is 5.38 Å². The van der Waals surface area contributed by atoms with Crippen LogP contribution in [-0.4, -0.2) is 91.1 Å². The molecule has 2 aliphatic heterocycles.